The molecule has 68 valence electrons. The molecule has 0 atom stereocenters. The molecule has 0 bridgehead atoms. The number of nitrogens with zero attached hydrogens (tertiary/aromatic N) is 2. The maximum absolute atomic E-state index is 8.73. The highest BCUT2D eigenvalue weighted by molar-refractivity contribution is 9.10. The second kappa shape index (κ2) is 3.33. The number of fused-ring (bicyclic) bond motifs is 1. The fourth-order valence-electron chi connectivity index (χ4n) is 1.34. The molecule has 0 spiro atoms. The van der Waals surface area contributed by atoms with E-state index in [9.17, 15) is 0 Å². The maximum atomic E-state index is 8.73. The first-order valence-corrected chi connectivity index (χ1v) is 4.72. The molecule has 13 heavy (non-hydrogen) atoms. The Morgan fingerprint density at radius 1 is 1.54 bits per heavy atom. The van der Waals surface area contributed by atoms with Crippen LogP contribution in [0.2, 0.25) is 0 Å². The molecule has 0 aromatic carbocycles. The van der Waals surface area contributed by atoms with Crippen LogP contribution in [0.4, 0.5) is 5.82 Å². The second-order valence-corrected chi connectivity index (χ2v) is 3.57. The van der Waals surface area contributed by atoms with Crippen molar-refractivity contribution in [3.05, 3.63) is 22.3 Å². The summed E-state index contributed by atoms with van der Waals surface area (Å²) in [6.45, 7) is 0.760. The average molecular weight is 242 g/mol. The van der Waals surface area contributed by atoms with E-state index < -0.39 is 0 Å². The minimum Gasteiger partial charge on any atom is -0.411 e. The first-order chi connectivity index (χ1) is 6.31. The zero-order valence-electron chi connectivity index (χ0n) is 6.79. The lowest BCUT2D eigenvalue weighted by Crippen LogP contribution is -2.19. The fraction of sp³-hybridized carbons (Fsp3) is 0.250. The Bertz CT molecular complexity index is 364. The van der Waals surface area contributed by atoms with Gasteiger partial charge in [0.15, 0.2) is 0 Å². The van der Waals surface area contributed by atoms with Gasteiger partial charge in [-0.15, -0.1) is 0 Å². The number of rotatable bonds is 0. The van der Waals surface area contributed by atoms with Crippen molar-refractivity contribution in [2.24, 2.45) is 5.16 Å². The molecular formula is C8H8BrN3O. The van der Waals surface area contributed by atoms with E-state index >= 15 is 0 Å². The number of nitrogens with one attached hydrogen (secondary N) is 1. The van der Waals surface area contributed by atoms with Crippen LogP contribution in [-0.2, 0) is 0 Å². The maximum Gasteiger partial charge on any atom is 0.136 e. The van der Waals surface area contributed by atoms with Crippen LogP contribution >= 0.6 is 15.9 Å². The number of halogens is 1. The summed E-state index contributed by atoms with van der Waals surface area (Å²) in [4.78, 5) is 4.23. The molecular weight excluding hydrogens is 234 g/mol. The van der Waals surface area contributed by atoms with Crippen molar-refractivity contribution in [3.8, 4) is 0 Å². The summed E-state index contributed by atoms with van der Waals surface area (Å²) in [7, 11) is 0. The van der Waals surface area contributed by atoms with Crippen LogP contribution in [0.1, 0.15) is 12.0 Å². The molecule has 5 heteroatoms. The normalized spacial score (nSPS) is 18.1. The van der Waals surface area contributed by atoms with Crippen molar-refractivity contribution in [1.29, 1.82) is 0 Å². The molecule has 1 aromatic heterocycles. The van der Waals surface area contributed by atoms with Gasteiger partial charge in [0.05, 0.1) is 5.71 Å². The van der Waals surface area contributed by atoms with E-state index in [1.807, 2.05) is 12.1 Å². The Morgan fingerprint density at radius 2 is 2.38 bits per heavy atom. The summed E-state index contributed by atoms with van der Waals surface area (Å²) in [5.41, 5.74) is 1.56. The van der Waals surface area contributed by atoms with Gasteiger partial charge in [-0.1, -0.05) is 5.16 Å². The molecule has 0 saturated heterocycles. The fourth-order valence-corrected chi connectivity index (χ4v) is 1.65. The number of oxime groups is 1. The molecule has 0 radical (unpaired) electrons. The van der Waals surface area contributed by atoms with Gasteiger partial charge in [0.1, 0.15) is 10.4 Å². The quantitative estimate of drug-likeness (QED) is 0.414. The highest BCUT2D eigenvalue weighted by Gasteiger charge is 2.16. The van der Waals surface area contributed by atoms with Crippen LogP contribution in [0.15, 0.2) is 21.9 Å². The van der Waals surface area contributed by atoms with Crippen molar-refractivity contribution in [2.75, 3.05) is 11.9 Å². The van der Waals surface area contributed by atoms with Gasteiger partial charge in [-0.25, -0.2) is 4.98 Å². The minimum atomic E-state index is 0.689. The predicted molar refractivity (Wildman–Crippen MR) is 53.4 cm³/mol. The van der Waals surface area contributed by atoms with E-state index in [-0.39, 0.29) is 0 Å². The molecule has 2 rings (SSSR count). The van der Waals surface area contributed by atoms with Crippen LogP contribution in [0.5, 0.6) is 0 Å². The minimum absolute atomic E-state index is 0.689. The third kappa shape index (κ3) is 1.51. The highest BCUT2D eigenvalue weighted by atomic mass is 79.9. The molecule has 4 nitrogen and oxygen atoms in total. The Labute approximate surface area is 83.8 Å². The van der Waals surface area contributed by atoms with Gasteiger partial charge in [0, 0.05) is 18.5 Å². The molecule has 0 aliphatic carbocycles. The van der Waals surface area contributed by atoms with E-state index in [1.54, 1.807) is 0 Å². The number of hydrogen-bond acceptors (Lipinski definition) is 4. The highest BCUT2D eigenvalue weighted by Crippen LogP contribution is 2.22. The molecule has 2 heterocycles. The zero-order chi connectivity index (χ0) is 9.26. The molecule has 0 saturated carbocycles. The molecule has 2 N–H and O–H groups in total. The average Bonchev–Trinajstić information content (AvgIpc) is 2.16. The molecule has 1 aliphatic rings. The topological polar surface area (TPSA) is 57.5 Å². The standard InChI is InChI=1S/C8H8BrN3O/c9-7-2-1-5-6(12-13)3-4-10-8(5)11-7/h1-2,13H,3-4H2,(H,10,11)/b12-6+. The van der Waals surface area contributed by atoms with Crippen molar-refractivity contribution >= 4 is 27.5 Å². The van der Waals surface area contributed by atoms with Crippen LogP contribution in [0.3, 0.4) is 0 Å². The lowest BCUT2D eigenvalue weighted by molar-refractivity contribution is 0.318. The second-order valence-electron chi connectivity index (χ2n) is 2.75. The smallest absolute Gasteiger partial charge is 0.136 e. The number of pyridine rings is 1. The van der Waals surface area contributed by atoms with Gasteiger partial charge in [-0.3, -0.25) is 0 Å². The van der Waals surface area contributed by atoms with E-state index in [0.717, 1.165) is 29.0 Å². The summed E-state index contributed by atoms with van der Waals surface area (Å²) < 4.78 is 0.776. The number of hydrogen-bond donors (Lipinski definition) is 2. The summed E-state index contributed by atoms with van der Waals surface area (Å²) in [6, 6.07) is 3.71. The van der Waals surface area contributed by atoms with Crippen molar-refractivity contribution in [1.82, 2.24) is 4.98 Å². The van der Waals surface area contributed by atoms with Gasteiger partial charge in [0.2, 0.25) is 0 Å². The van der Waals surface area contributed by atoms with Gasteiger partial charge in [-0.05, 0) is 28.1 Å². The van der Waals surface area contributed by atoms with Gasteiger partial charge < -0.3 is 10.5 Å². The van der Waals surface area contributed by atoms with Crippen molar-refractivity contribution < 1.29 is 5.21 Å². The predicted octanol–water partition coefficient (Wildman–Crippen LogP) is 1.84. The van der Waals surface area contributed by atoms with Crippen LogP contribution in [-0.4, -0.2) is 22.4 Å². The monoisotopic (exact) mass is 241 g/mol. The van der Waals surface area contributed by atoms with E-state index in [4.69, 9.17) is 5.21 Å². The lowest BCUT2D eigenvalue weighted by Gasteiger charge is -2.17. The first-order valence-electron chi connectivity index (χ1n) is 3.93. The Balaban J connectivity index is 2.52. The SMILES string of the molecule is O/N=C1\CCNc2nc(Br)ccc21. The lowest BCUT2D eigenvalue weighted by atomic mass is 10.1. The zero-order valence-corrected chi connectivity index (χ0v) is 8.37. The molecule has 0 amide bonds. The summed E-state index contributed by atoms with van der Waals surface area (Å²) >= 11 is 3.28. The number of anilines is 1. The van der Waals surface area contributed by atoms with Crippen LogP contribution < -0.4 is 5.32 Å². The first kappa shape index (κ1) is 8.50. The molecule has 1 aliphatic heterocycles. The summed E-state index contributed by atoms with van der Waals surface area (Å²) in [5, 5.41) is 15.1. The van der Waals surface area contributed by atoms with Crippen molar-refractivity contribution in [2.45, 2.75) is 6.42 Å². The molecule has 0 fully saturated rings. The van der Waals surface area contributed by atoms with E-state index in [2.05, 4.69) is 31.4 Å². The van der Waals surface area contributed by atoms with E-state index in [0.29, 0.717) is 5.71 Å². The largest absolute Gasteiger partial charge is 0.411 e. The Kier molecular flexibility index (Phi) is 2.18. The Hall–Kier alpha value is -1.10. The summed E-state index contributed by atoms with van der Waals surface area (Å²) in [5.74, 6) is 0.772. The van der Waals surface area contributed by atoms with Crippen LogP contribution in [0, 0.1) is 0 Å². The molecule has 0 unspecified atom stereocenters. The van der Waals surface area contributed by atoms with Crippen LogP contribution in [0.25, 0.3) is 0 Å². The third-order valence-corrected chi connectivity index (χ3v) is 2.39. The summed E-state index contributed by atoms with van der Waals surface area (Å²) in [6.07, 6.45) is 0.729. The van der Waals surface area contributed by atoms with Gasteiger partial charge >= 0.3 is 0 Å². The molecule has 1 aromatic rings. The third-order valence-electron chi connectivity index (χ3n) is 1.95. The number of aromatic nitrogens is 1. The Morgan fingerprint density at radius 3 is 3.15 bits per heavy atom. The van der Waals surface area contributed by atoms with Gasteiger partial charge in [-0.2, -0.15) is 0 Å². The van der Waals surface area contributed by atoms with E-state index in [1.165, 1.54) is 0 Å². The van der Waals surface area contributed by atoms with Gasteiger partial charge in [0.25, 0.3) is 0 Å². The van der Waals surface area contributed by atoms with Crippen molar-refractivity contribution in [3.63, 3.8) is 0 Å².